The standard InChI is InChI=1S/C4H9NO3.C3H4N2OS/c1-2(6)3(5)4(7)8;6-2-1-4-3(7)5-2/h2-3,6H,5H2,1H3,(H,7,8);1H2,(H2,4,5,6,7)/t2-,3+;/m1./s1. The van der Waals surface area contributed by atoms with E-state index in [1.165, 1.54) is 6.92 Å². The summed E-state index contributed by atoms with van der Waals surface area (Å²) in [4.78, 5) is 20.0. The number of carboxylic acid groups (broad SMARTS) is 1. The van der Waals surface area contributed by atoms with Crippen molar-refractivity contribution in [1.29, 1.82) is 0 Å². The van der Waals surface area contributed by atoms with Gasteiger partial charge < -0.3 is 26.6 Å². The van der Waals surface area contributed by atoms with Gasteiger partial charge >= 0.3 is 5.97 Å². The molecule has 0 aromatic carbocycles. The van der Waals surface area contributed by atoms with Crippen molar-refractivity contribution in [2.45, 2.75) is 19.1 Å². The lowest BCUT2D eigenvalue weighted by molar-refractivity contribution is -0.140. The van der Waals surface area contributed by atoms with E-state index in [0.29, 0.717) is 11.7 Å². The van der Waals surface area contributed by atoms with Gasteiger partial charge in [-0.1, -0.05) is 0 Å². The number of rotatable bonds is 2. The molecule has 0 saturated carbocycles. The van der Waals surface area contributed by atoms with Crippen molar-refractivity contribution in [3.63, 3.8) is 0 Å². The van der Waals surface area contributed by atoms with Gasteiger partial charge in [-0.05, 0) is 19.1 Å². The van der Waals surface area contributed by atoms with E-state index in [0.717, 1.165) is 0 Å². The van der Waals surface area contributed by atoms with Crippen LogP contribution in [0.4, 0.5) is 0 Å². The Morgan fingerprint density at radius 2 is 2.20 bits per heavy atom. The molecule has 7 nitrogen and oxygen atoms in total. The van der Waals surface area contributed by atoms with Crippen molar-refractivity contribution in [3.05, 3.63) is 0 Å². The van der Waals surface area contributed by atoms with Crippen molar-refractivity contribution < 1.29 is 19.8 Å². The molecule has 0 aromatic heterocycles. The fourth-order valence-corrected chi connectivity index (χ4v) is 0.768. The van der Waals surface area contributed by atoms with E-state index in [-0.39, 0.29) is 5.91 Å². The zero-order valence-electron chi connectivity index (χ0n) is 8.06. The SMILES string of the molecule is C[C@@H](O)[C@H](N)C(=O)O.O=C1CNC(=S)N1. The lowest BCUT2D eigenvalue weighted by Crippen LogP contribution is -2.39. The van der Waals surface area contributed by atoms with Gasteiger partial charge in [0.2, 0.25) is 5.91 Å². The quantitative estimate of drug-likeness (QED) is 0.343. The lowest BCUT2D eigenvalue weighted by atomic mass is 10.2. The smallest absolute Gasteiger partial charge is 0.323 e. The number of nitrogens with one attached hydrogen (secondary N) is 2. The molecular formula is C7H13N3O4S. The fourth-order valence-electron chi connectivity index (χ4n) is 0.582. The summed E-state index contributed by atoms with van der Waals surface area (Å²) < 4.78 is 0. The monoisotopic (exact) mass is 235 g/mol. The number of amides is 1. The number of aliphatic hydroxyl groups is 1. The summed E-state index contributed by atoms with van der Waals surface area (Å²) in [5.41, 5.74) is 4.91. The largest absolute Gasteiger partial charge is 0.480 e. The Morgan fingerprint density at radius 1 is 1.67 bits per heavy atom. The van der Waals surface area contributed by atoms with Gasteiger partial charge in [-0.2, -0.15) is 0 Å². The summed E-state index contributed by atoms with van der Waals surface area (Å²) >= 11 is 4.55. The Hall–Kier alpha value is -1.25. The highest BCUT2D eigenvalue weighted by molar-refractivity contribution is 7.80. The molecule has 0 aliphatic carbocycles. The zero-order valence-corrected chi connectivity index (χ0v) is 8.87. The van der Waals surface area contributed by atoms with Gasteiger partial charge in [-0.25, -0.2) is 0 Å². The highest BCUT2D eigenvalue weighted by Gasteiger charge is 2.16. The molecule has 86 valence electrons. The first-order valence-corrected chi connectivity index (χ1v) is 4.49. The predicted molar refractivity (Wildman–Crippen MR) is 56.0 cm³/mol. The molecule has 0 radical (unpaired) electrons. The topological polar surface area (TPSA) is 125 Å². The molecule has 1 saturated heterocycles. The third-order valence-corrected chi connectivity index (χ3v) is 1.71. The molecule has 0 bridgehead atoms. The Morgan fingerprint density at radius 3 is 2.27 bits per heavy atom. The van der Waals surface area contributed by atoms with E-state index in [2.05, 4.69) is 22.9 Å². The van der Waals surface area contributed by atoms with Crippen LogP contribution in [0, 0.1) is 0 Å². The number of hydrogen-bond acceptors (Lipinski definition) is 5. The second-order valence-electron chi connectivity index (χ2n) is 2.84. The number of thiocarbonyl (C=S) groups is 1. The zero-order chi connectivity index (χ0) is 12.0. The molecule has 1 fully saturated rings. The van der Waals surface area contributed by atoms with Gasteiger partial charge in [-0.15, -0.1) is 0 Å². The summed E-state index contributed by atoms with van der Waals surface area (Å²) in [6.45, 7) is 1.66. The van der Waals surface area contributed by atoms with E-state index in [1.54, 1.807) is 0 Å². The molecule has 1 amide bonds. The number of carbonyl (C=O) groups excluding carboxylic acids is 1. The molecule has 1 rings (SSSR count). The molecule has 2 atom stereocenters. The number of hydrogen-bond donors (Lipinski definition) is 5. The van der Waals surface area contributed by atoms with Crippen LogP contribution < -0.4 is 16.4 Å². The van der Waals surface area contributed by atoms with E-state index in [4.69, 9.17) is 15.9 Å². The van der Waals surface area contributed by atoms with Crippen molar-refractivity contribution in [2.24, 2.45) is 5.73 Å². The van der Waals surface area contributed by atoms with Crippen molar-refractivity contribution in [1.82, 2.24) is 10.6 Å². The number of nitrogens with two attached hydrogens (primary N) is 1. The maximum atomic E-state index is 10.2. The minimum atomic E-state index is -1.18. The van der Waals surface area contributed by atoms with Crippen LogP contribution in [0.3, 0.4) is 0 Å². The summed E-state index contributed by atoms with van der Waals surface area (Å²) in [5, 5.41) is 22.0. The number of aliphatic hydroxyl groups excluding tert-OH is 1. The average molecular weight is 235 g/mol. The van der Waals surface area contributed by atoms with E-state index in [1.807, 2.05) is 0 Å². The third-order valence-electron chi connectivity index (χ3n) is 1.47. The van der Waals surface area contributed by atoms with Crippen molar-refractivity contribution >= 4 is 29.2 Å². The van der Waals surface area contributed by atoms with Crippen molar-refractivity contribution in [3.8, 4) is 0 Å². The van der Waals surface area contributed by atoms with E-state index >= 15 is 0 Å². The Labute approximate surface area is 91.6 Å². The average Bonchev–Trinajstić information content (AvgIpc) is 2.49. The van der Waals surface area contributed by atoms with Gasteiger partial charge in [0.1, 0.15) is 6.04 Å². The van der Waals surface area contributed by atoms with Crippen LogP contribution >= 0.6 is 12.2 Å². The molecule has 0 spiro atoms. The molecule has 15 heavy (non-hydrogen) atoms. The Kier molecular flexibility index (Phi) is 5.75. The maximum Gasteiger partial charge on any atom is 0.323 e. The molecule has 1 aliphatic rings. The molecule has 1 aliphatic heterocycles. The maximum absolute atomic E-state index is 10.2. The second-order valence-corrected chi connectivity index (χ2v) is 3.24. The first-order chi connectivity index (χ1) is 6.84. The van der Waals surface area contributed by atoms with Crippen LogP contribution in [0.2, 0.25) is 0 Å². The van der Waals surface area contributed by atoms with Gasteiger partial charge in [0.05, 0.1) is 12.6 Å². The number of carbonyl (C=O) groups is 2. The first kappa shape index (κ1) is 13.8. The third kappa shape index (κ3) is 5.94. The highest BCUT2D eigenvalue weighted by Crippen LogP contribution is 1.85. The van der Waals surface area contributed by atoms with E-state index in [9.17, 15) is 9.59 Å². The van der Waals surface area contributed by atoms with Gasteiger partial charge in [0, 0.05) is 0 Å². The fraction of sp³-hybridized carbons (Fsp3) is 0.571. The molecule has 8 heteroatoms. The number of carboxylic acids is 1. The Balaban J connectivity index is 0.000000262. The van der Waals surface area contributed by atoms with Gasteiger partial charge in [-0.3, -0.25) is 9.59 Å². The molecule has 0 aromatic rings. The van der Waals surface area contributed by atoms with Crippen LogP contribution in [0.25, 0.3) is 0 Å². The van der Waals surface area contributed by atoms with Crippen LogP contribution in [-0.4, -0.2) is 45.9 Å². The van der Waals surface area contributed by atoms with E-state index < -0.39 is 18.1 Å². The summed E-state index contributed by atoms with van der Waals surface area (Å²) in [7, 11) is 0. The first-order valence-electron chi connectivity index (χ1n) is 4.08. The molecule has 0 unspecified atom stereocenters. The molecular weight excluding hydrogens is 222 g/mol. The van der Waals surface area contributed by atoms with Crippen LogP contribution in [-0.2, 0) is 9.59 Å². The summed E-state index contributed by atoms with van der Waals surface area (Å²) in [6.07, 6.45) is -0.979. The second kappa shape index (κ2) is 6.27. The van der Waals surface area contributed by atoms with Gasteiger partial charge in [0.25, 0.3) is 0 Å². The molecule has 6 N–H and O–H groups in total. The van der Waals surface area contributed by atoms with Crippen molar-refractivity contribution in [2.75, 3.05) is 6.54 Å². The summed E-state index contributed by atoms with van der Waals surface area (Å²) in [6, 6.07) is -1.16. The normalized spacial score (nSPS) is 18.1. The Bertz CT molecular complexity index is 255. The minimum Gasteiger partial charge on any atom is -0.480 e. The van der Waals surface area contributed by atoms with Crippen LogP contribution in [0.1, 0.15) is 6.92 Å². The lowest BCUT2D eigenvalue weighted by Gasteiger charge is -2.06. The highest BCUT2D eigenvalue weighted by atomic mass is 32.1. The number of aliphatic carboxylic acids is 1. The summed E-state index contributed by atoms with van der Waals surface area (Å²) in [5.74, 6) is -1.23. The van der Waals surface area contributed by atoms with Crippen LogP contribution in [0.5, 0.6) is 0 Å². The molecule has 1 heterocycles. The van der Waals surface area contributed by atoms with Crippen LogP contribution in [0.15, 0.2) is 0 Å². The van der Waals surface area contributed by atoms with Gasteiger partial charge in [0.15, 0.2) is 5.11 Å². The minimum absolute atomic E-state index is 0.0509. The predicted octanol–water partition coefficient (Wildman–Crippen LogP) is -2.23.